The van der Waals surface area contributed by atoms with Crippen LogP contribution in [0.4, 0.5) is 0 Å². The first-order valence-electron chi connectivity index (χ1n) is 6.76. The normalized spacial score (nSPS) is 38.4. The van der Waals surface area contributed by atoms with Crippen LogP contribution in [-0.4, -0.2) is 48.2 Å². The van der Waals surface area contributed by atoms with Crippen LogP contribution in [0.2, 0.25) is 0 Å². The van der Waals surface area contributed by atoms with Gasteiger partial charge in [-0.25, -0.2) is 0 Å². The first-order valence-corrected chi connectivity index (χ1v) is 6.76. The summed E-state index contributed by atoms with van der Waals surface area (Å²) < 4.78 is 5.03. The molecule has 96 valence electrons. The number of nitrogens with one attached hydrogen (secondary N) is 1. The molecule has 4 nitrogen and oxygen atoms in total. The van der Waals surface area contributed by atoms with Crippen LogP contribution >= 0.6 is 0 Å². The lowest BCUT2D eigenvalue weighted by Gasteiger charge is -2.28. The number of carbonyl (C=O) groups excluding carboxylic acids is 1. The molecule has 1 heterocycles. The number of hydrogen-bond acceptors (Lipinski definition) is 4. The number of esters is 1. The molecule has 1 aliphatic heterocycles. The second-order valence-corrected chi connectivity index (χ2v) is 5.95. The smallest absolute Gasteiger partial charge is 0.327 e. The highest BCUT2D eigenvalue weighted by Crippen LogP contribution is 2.39. The third-order valence-electron chi connectivity index (χ3n) is 4.31. The Kier molecular flexibility index (Phi) is 2.67. The maximum Gasteiger partial charge on any atom is 0.327 e. The van der Waals surface area contributed by atoms with Crippen molar-refractivity contribution in [3.63, 3.8) is 0 Å². The summed E-state index contributed by atoms with van der Waals surface area (Å²) in [5, 5.41) is 3.54. The lowest BCUT2D eigenvalue weighted by atomic mass is 9.96. The van der Waals surface area contributed by atoms with Crippen molar-refractivity contribution in [3.8, 4) is 0 Å². The Morgan fingerprint density at radius 2 is 2.06 bits per heavy atom. The van der Waals surface area contributed by atoms with Crippen LogP contribution in [0, 0.1) is 0 Å². The zero-order valence-electron chi connectivity index (χ0n) is 10.7. The Morgan fingerprint density at radius 3 is 2.59 bits per heavy atom. The fourth-order valence-corrected chi connectivity index (χ4v) is 3.17. The molecule has 0 aromatic heterocycles. The van der Waals surface area contributed by atoms with Gasteiger partial charge in [-0.2, -0.15) is 0 Å². The Labute approximate surface area is 103 Å². The molecule has 2 atom stereocenters. The van der Waals surface area contributed by atoms with E-state index in [0.717, 1.165) is 19.0 Å². The SMILES string of the molecule is COC(=O)C1(NC2CC2)CC(C)N(C2CC2)C1. The zero-order chi connectivity index (χ0) is 12.0. The summed E-state index contributed by atoms with van der Waals surface area (Å²) in [7, 11) is 1.50. The standard InChI is InChI=1S/C13H22N2O2/c1-9-7-13(12(16)17-2,14-10-3-4-10)8-15(9)11-5-6-11/h9-11,14H,3-8H2,1-2H3. The van der Waals surface area contributed by atoms with E-state index in [0.29, 0.717) is 12.1 Å². The maximum absolute atomic E-state index is 12.1. The van der Waals surface area contributed by atoms with Crippen molar-refractivity contribution in [1.82, 2.24) is 10.2 Å². The number of likely N-dealkylation sites (tertiary alicyclic amines) is 1. The van der Waals surface area contributed by atoms with Gasteiger partial charge in [-0.1, -0.05) is 0 Å². The second-order valence-electron chi connectivity index (χ2n) is 5.95. The van der Waals surface area contributed by atoms with E-state index in [4.69, 9.17) is 4.74 Å². The lowest BCUT2D eigenvalue weighted by Crippen LogP contribution is -2.55. The largest absolute Gasteiger partial charge is 0.468 e. The highest BCUT2D eigenvalue weighted by atomic mass is 16.5. The first-order chi connectivity index (χ1) is 8.14. The number of nitrogens with zero attached hydrogens (tertiary/aromatic N) is 1. The lowest BCUT2D eigenvalue weighted by molar-refractivity contribution is -0.148. The number of methoxy groups -OCH3 is 1. The molecular weight excluding hydrogens is 216 g/mol. The van der Waals surface area contributed by atoms with Gasteiger partial charge in [0.1, 0.15) is 5.54 Å². The number of hydrogen-bond donors (Lipinski definition) is 1. The van der Waals surface area contributed by atoms with Gasteiger partial charge in [0.2, 0.25) is 0 Å². The molecule has 0 spiro atoms. The Morgan fingerprint density at radius 1 is 1.35 bits per heavy atom. The van der Waals surface area contributed by atoms with Crippen LogP contribution in [0.1, 0.15) is 39.0 Å². The number of ether oxygens (including phenoxy) is 1. The van der Waals surface area contributed by atoms with E-state index in [-0.39, 0.29) is 5.97 Å². The average Bonchev–Trinajstić information content (AvgIpc) is 3.18. The quantitative estimate of drug-likeness (QED) is 0.739. The summed E-state index contributed by atoms with van der Waals surface area (Å²) in [6.07, 6.45) is 5.90. The fourth-order valence-electron chi connectivity index (χ4n) is 3.17. The topological polar surface area (TPSA) is 41.6 Å². The van der Waals surface area contributed by atoms with E-state index >= 15 is 0 Å². The van der Waals surface area contributed by atoms with Gasteiger partial charge in [-0.05, 0) is 39.0 Å². The zero-order valence-corrected chi connectivity index (χ0v) is 10.7. The second kappa shape index (κ2) is 3.95. The molecule has 4 heteroatoms. The summed E-state index contributed by atoms with van der Waals surface area (Å²) in [6, 6.07) is 1.76. The molecule has 2 aliphatic carbocycles. The van der Waals surface area contributed by atoms with Gasteiger partial charge in [0, 0.05) is 24.7 Å². The third-order valence-corrected chi connectivity index (χ3v) is 4.31. The van der Waals surface area contributed by atoms with Crippen molar-refractivity contribution in [2.45, 2.75) is 62.7 Å². The minimum absolute atomic E-state index is 0.0700. The Balaban J connectivity index is 1.76. The molecule has 0 amide bonds. The summed E-state index contributed by atoms with van der Waals surface area (Å²) >= 11 is 0. The fraction of sp³-hybridized carbons (Fsp3) is 0.923. The third kappa shape index (κ3) is 2.08. The average molecular weight is 238 g/mol. The van der Waals surface area contributed by atoms with Crippen LogP contribution in [0.15, 0.2) is 0 Å². The van der Waals surface area contributed by atoms with Crippen LogP contribution < -0.4 is 5.32 Å². The molecule has 3 aliphatic rings. The van der Waals surface area contributed by atoms with Crippen molar-refractivity contribution >= 4 is 5.97 Å². The van der Waals surface area contributed by atoms with Crippen LogP contribution in [0.5, 0.6) is 0 Å². The predicted octanol–water partition coefficient (Wildman–Crippen LogP) is 0.907. The van der Waals surface area contributed by atoms with Crippen molar-refractivity contribution in [3.05, 3.63) is 0 Å². The van der Waals surface area contributed by atoms with Gasteiger partial charge >= 0.3 is 5.97 Å². The van der Waals surface area contributed by atoms with Crippen molar-refractivity contribution in [2.24, 2.45) is 0 Å². The molecule has 2 saturated carbocycles. The molecule has 0 bridgehead atoms. The summed E-state index contributed by atoms with van der Waals surface area (Å²) in [6.45, 7) is 3.07. The van der Waals surface area contributed by atoms with Crippen molar-refractivity contribution in [2.75, 3.05) is 13.7 Å². The van der Waals surface area contributed by atoms with Gasteiger partial charge in [-0.15, -0.1) is 0 Å². The van der Waals surface area contributed by atoms with E-state index in [1.165, 1.54) is 32.8 Å². The van der Waals surface area contributed by atoms with E-state index in [2.05, 4.69) is 17.1 Å². The van der Waals surface area contributed by atoms with Crippen LogP contribution in [-0.2, 0) is 9.53 Å². The first kappa shape index (κ1) is 11.5. The summed E-state index contributed by atoms with van der Waals surface area (Å²) in [4.78, 5) is 14.6. The van der Waals surface area contributed by atoms with Gasteiger partial charge in [0.15, 0.2) is 0 Å². The molecule has 0 aromatic carbocycles. The van der Waals surface area contributed by atoms with Crippen LogP contribution in [0.3, 0.4) is 0 Å². The minimum atomic E-state index is -0.433. The minimum Gasteiger partial charge on any atom is -0.468 e. The molecule has 3 fully saturated rings. The monoisotopic (exact) mass is 238 g/mol. The Bertz CT molecular complexity index is 325. The van der Waals surface area contributed by atoms with Gasteiger partial charge in [0.25, 0.3) is 0 Å². The molecule has 1 saturated heterocycles. The molecule has 1 N–H and O–H groups in total. The van der Waals surface area contributed by atoms with E-state index in [9.17, 15) is 4.79 Å². The van der Waals surface area contributed by atoms with E-state index in [1.807, 2.05) is 0 Å². The van der Waals surface area contributed by atoms with E-state index in [1.54, 1.807) is 0 Å². The molecule has 0 radical (unpaired) electrons. The maximum atomic E-state index is 12.1. The molecule has 3 rings (SSSR count). The van der Waals surface area contributed by atoms with Crippen molar-refractivity contribution in [1.29, 1.82) is 0 Å². The molecule has 17 heavy (non-hydrogen) atoms. The molecule has 2 unspecified atom stereocenters. The highest BCUT2D eigenvalue weighted by Gasteiger charge is 2.53. The van der Waals surface area contributed by atoms with Gasteiger partial charge < -0.3 is 4.74 Å². The molecular formula is C13H22N2O2. The summed E-state index contributed by atoms with van der Waals surface area (Å²) in [5.41, 5.74) is -0.433. The van der Waals surface area contributed by atoms with Crippen LogP contribution in [0.25, 0.3) is 0 Å². The number of rotatable bonds is 4. The summed E-state index contributed by atoms with van der Waals surface area (Å²) in [5.74, 6) is -0.0700. The molecule has 0 aromatic rings. The number of carbonyl (C=O) groups is 1. The highest BCUT2D eigenvalue weighted by molar-refractivity contribution is 5.82. The van der Waals surface area contributed by atoms with E-state index < -0.39 is 5.54 Å². The predicted molar refractivity (Wildman–Crippen MR) is 64.7 cm³/mol. The van der Waals surface area contributed by atoms with Gasteiger partial charge in [0.05, 0.1) is 7.11 Å². The van der Waals surface area contributed by atoms with Gasteiger partial charge in [-0.3, -0.25) is 15.0 Å². The van der Waals surface area contributed by atoms with Crippen molar-refractivity contribution < 1.29 is 9.53 Å². The Hall–Kier alpha value is -0.610.